The molecular weight excluding hydrogens is 230 g/mol. The first-order valence-electron chi connectivity index (χ1n) is 5.17. The van der Waals surface area contributed by atoms with E-state index in [0.717, 1.165) is 0 Å². The monoisotopic (exact) mass is 243 g/mol. The van der Waals surface area contributed by atoms with E-state index in [1.54, 1.807) is 47.7 Å². The highest BCUT2D eigenvalue weighted by Crippen LogP contribution is 2.03. The quantitative estimate of drug-likeness (QED) is 0.457. The predicted molar refractivity (Wildman–Crippen MR) is 69.1 cm³/mol. The molecule has 2 aromatic heterocycles. The second-order valence-corrected chi connectivity index (χ2v) is 3.43. The number of allylic oxidation sites excluding steroid dienone is 2. The van der Waals surface area contributed by atoms with Crippen molar-refractivity contribution in [3.05, 3.63) is 55.4 Å². The van der Waals surface area contributed by atoms with Gasteiger partial charge in [0.2, 0.25) is 5.96 Å². The maximum Gasteiger partial charge on any atom is 0.223 e. The molecule has 0 amide bonds. The second-order valence-electron chi connectivity index (χ2n) is 3.43. The minimum Gasteiger partial charge on any atom is -0.384 e. The van der Waals surface area contributed by atoms with Gasteiger partial charge in [-0.1, -0.05) is 6.58 Å². The summed E-state index contributed by atoms with van der Waals surface area (Å²) in [6.45, 7) is 3.82. The lowest BCUT2D eigenvalue weighted by molar-refractivity contribution is 0.904. The van der Waals surface area contributed by atoms with Gasteiger partial charge < -0.3 is 11.5 Å². The van der Waals surface area contributed by atoms with Gasteiger partial charge in [-0.25, -0.2) is 9.36 Å². The molecule has 0 atom stereocenters. The van der Waals surface area contributed by atoms with Gasteiger partial charge in [-0.2, -0.15) is 15.2 Å². The Morgan fingerprint density at radius 3 is 2.28 bits per heavy atom. The topological polar surface area (TPSA) is 100 Å². The highest BCUT2D eigenvalue weighted by Gasteiger charge is 1.98. The van der Waals surface area contributed by atoms with Crippen molar-refractivity contribution in [2.45, 2.75) is 0 Å². The van der Waals surface area contributed by atoms with Crippen LogP contribution >= 0.6 is 0 Å². The highest BCUT2D eigenvalue weighted by atomic mass is 15.3. The van der Waals surface area contributed by atoms with E-state index in [1.165, 1.54) is 4.68 Å². The van der Waals surface area contributed by atoms with Gasteiger partial charge in [-0.3, -0.25) is 0 Å². The molecule has 7 nitrogen and oxygen atoms in total. The van der Waals surface area contributed by atoms with E-state index in [4.69, 9.17) is 11.5 Å². The number of aromatic nitrogens is 4. The van der Waals surface area contributed by atoms with Crippen molar-refractivity contribution in [1.82, 2.24) is 19.6 Å². The fourth-order valence-corrected chi connectivity index (χ4v) is 1.30. The SMILES string of the molecule is C=C(/C=C(N)\N=C(/N)n1cccn1)n1cccn1. The smallest absolute Gasteiger partial charge is 0.223 e. The Morgan fingerprint density at radius 2 is 1.72 bits per heavy atom. The minimum atomic E-state index is 0.182. The summed E-state index contributed by atoms with van der Waals surface area (Å²) in [5.41, 5.74) is 12.0. The first-order chi connectivity index (χ1) is 8.66. The third-order valence-electron chi connectivity index (χ3n) is 2.10. The second kappa shape index (κ2) is 5.00. The van der Waals surface area contributed by atoms with Crippen LogP contribution in [0.1, 0.15) is 0 Å². The fraction of sp³-hybridized carbons (Fsp3) is 0. The van der Waals surface area contributed by atoms with E-state index in [2.05, 4.69) is 21.8 Å². The lowest BCUT2D eigenvalue weighted by atomic mass is 10.4. The zero-order valence-electron chi connectivity index (χ0n) is 9.64. The van der Waals surface area contributed by atoms with E-state index in [0.29, 0.717) is 5.70 Å². The molecule has 0 saturated heterocycles. The number of nitrogens with two attached hydrogens (primary N) is 2. The average molecular weight is 243 g/mol. The zero-order chi connectivity index (χ0) is 13.0. The number of rotatable bonds is 3. The van der Waals surface area contributed by atoms with Crippen molar-refractivity contribution in [2.24, 2.45) is 16.5 Å². The molecule has 4 N–H and O–H groups in total. The Hall–Kier alpha value is -2.83. The molecule has 2 heterocycles. The van der Waals surface area contributed by atoms with E-state index >= 15 is 0 Å². The van der Waals surface area contributed by atoms with E-state index in [-0.39, 0.29) is 11.8 Å². The van der Waals surface area contributed by atoms with E-state index in [1.807, 2.05) is 0 Å². The average Bonchev–Trinajstić information content (AvgIpc) is 3.02. The number of hydrogen-bond donors (Lipinski definition) is 2. The van der Waals surface area contributed by atoms with Crippen molar-refractivity contribution in [3.63, 3.8) is 0 Å². The lowest BCUT2D eigenvalue weighted by Gasteiger charge is -2.02. The summed E-state index contributed by atoms with van der Waals surface area (Å²) in [6, 6.07) is 3.53. The van der Waals surface area contributed by atoms with Crippen molar-refractivity contribution >= 4 is 11.7 Å². The van der Waals surface area contributed by atoms with Gasteiger partial charge in [-0.05, 0) is 12.1 Å². The Kier molecular flexibility index (Phi) is 3.24. The summed E-state index contributed by atoms with van der Waals surface area (Å²) in [4.78, 5) is 4.00. The Bertz CT molecular complexity index is 575. The van der Waals surface area contributed by atoms with Gasteiger partial charge in [0.15, 0.2) is 0 Å². The van der Waals surface area contributed by atoms with Crippen molar-refractivity contribution < 1.29 is 0 Å². The van der Waals surface area contributed by atoms with Gasteiger partial charge in [0.1, 0.15) is 5.82 Å². The zero-order valence-corrected chi connectivity index (χ0v) is 9.64. The van der Waals surface area contributed by atoms with Crippen molar-refractivity contribution in [2.75, 3.05) is 0 Å². The summed E-state index contributed by atoms with van der Waals surface area (Å²) in [6.07, 6.45) is 8.26. The van der Waals surface area contributed by atoms with Crippen molar-refractivity contribution in [3.8, 4) is 0 Å². The van der Waals surface area contributed by atoms with Crippen LogP contribution in [0.5, 0.6) is 0 Å². The molecule has 0 saturated carbocycles. The van der Waals surface area contributed by atoms with Crippen LogP contribution in [0.4, 0.5) is 0 Å². The first-order valence-corrected chi connectivity index (χ1v) is 5.17. The maximum absolute atomic E-state index is 5.74. The maximum atomic E-state index is 5.74. The van der Waals surface area contributed by atoms with Crippen LogP contribution < -0.4 is 11.5 Å². The number of nitrogens with zero attached hydrogens (tertiary/aromatic N) is 5. The highest BCUT2D eigenvalue weighted by molar-refractivity contribution is 5.80. The number of aliphatic imine (C=N–C) groups is 1. The molecule has 0 unspecified atom stereocenters. The summed E-state index contributed by atoms with van der Waals surface area (Å²) >= 11 is 0. The molecule has 0 aliphatic carbocycles. The molecule has 0 fully saturated rings. The van der Waals surface area contributed by atoms with Crippen LogP contribution in [-0.4, -0.2) is 25.5 Å². The van der Waals surface area contributed by atoms with Crippen LogP contribution in [0.3, 0.4) is 0 Å². The fourth-order valence-electron chi connectivity index (χ4n) is 1.30. The van der Waals surface area contributed by atoms with Crippen LogP contribution in [0.25, 0.3) is 5.70 Å². The summed E-state index contributed by atoms with van der Waals surface area (Å²) in [7, 11) is 0. The van der Waals surface area contributed by atoms with Crippen LogP contribution in [0, 0.1) is 0 Å². The number of hydrogen-bond acceptors (Lipinski definition) is 4. The van der Waals surface area contributed by atoms with Gasteiger partial charge >= 0.3 is 0 Å². The predicted octanol–water partition coefficient (Wildman–Crippen LogP) is 0.213. The van der Waals surface area contributed by atoms with E-state index in [9.17, 15) is 0 Å². The normalized spacial score (nSPS) is 12.7. The minimum absolute atomic E-state index is 0.182. The molecule has 0 aliphatic rings. The molecule has 0 spiro atoms. The third-order valence-corrected chi connectivity index (χ3v) is 2.10. The molecule has 7 heteroatoms. The summed E-state index contributed by atoms with van der Waals surface area (Å²) < 4.78 is 2.99. The van der Waals surface area contributed by atoms with Crippen LogP contribution in [-0.2, 0) is 0 Å². The molecule has 18 heavy (non-hydrogen) atoms. The molecule has 0 aromatic carbocycles. The largest absolute Gasteiger partial charge is 0.384 e. The van der Waals surface area contributed by atoms with Gasteiger partial charge in [0.05, 0.1) is 5.70 Å². The summed E-state index contributed by atoms with van der Waals surface area (Å²) in [5.74, 6) is 0.408. The van der Waals surface area contributed by atoms with Crippen molar-refractivity contribution in [1.29, 1.82) is 0 Å². The molecule has 2 aromatic rings. The Labute approximate surface area is 104 Å². The molecule has 0 aliphatic heterocycles. The first kappa shape index (κ1) is 11.6. The van der Waals surface area contributed by atoms with Gasteiger partial charge in [0.25, 0.3) is 0 Å². The Balaban J connectivity index is 2.15. The molecule has 92 valence electrons. The summed E-state index contributed by atoms with van der Waals surface area (Å²) in [5, 5.41) is 7.95. The van der Waals surface area contributed by atoms with Gasteiger partial charge in [-0.15, -0.1) is 0 Å². The van der Waals surface area contributed by atoms with Gasteiger partial charge in [0, 0.05) is 30.9 Å². The van der Waals surface area contributed by atoms with Crippen LogP contribution in [0.2, 0.25) is 0 Å². The third kappa shape index (κ3) is 2.64. The molecular formula is C11H13N7. The lowest BCUT2D eigenvalue weighted by Crippen LogP contribution is -2.23. The standard InChI is InChI=1S/C11H13N7/c1-9(17-6-2-4-14-17)8-10(12)16-11(13)18-7-3-5-15-18/h2-8H,1,12H2,(H2,13,16)/b10-8-. The Morgan fingerprint density at radius 1 is 1.11 bits per heavy atom. The van der Waals surface area contributed by atoms with E-state index < -0.39 is 0 Å². The molecule has 2 rings (SSSR count). The van der Waals surface area contributed by atoms with Crippen LogP contribution in [0.15, 0.2) is 60.4 Å². The molecule has 0 radical (unpaired) electrons. The molecule has 0 bridgehead atoms.